The van der Waals surface area contributed by atoms with Gasteiger partial charge in [-0.25, -0.2) is 0 Å². The van der Waals surface area contributed by atoms with Crippen LogP contribution in [-0.4, -0.2) is 83.1 Å². The van der Waals surface area contributed by atoms with E-state index in [2.05, 4.69) is 17.7 Å². The lowest BCUT2D eigenvalue weighted by Crippen LogP contribution is -2.50. The van der Waals surface area contributed by atoms with E-state index >= 15 is 0 Å². The average Bonchev–Trinajstić information content (AvgIpc) is 3.60. The van der Waals surface area contributed by atoms with Gasteiger partial charge in [-0.3, -0.25) is 4.79 Å². The van der Waals surface area contributed by atoms with Crippen molar-refractivity contribution in [2.45, 2.75) is 115 Å². The number of esters is 1. The average molecular weight is 517 g/mol. The number of hydrogen-bond acceptors (Lipinski definition) is 8. The van der Waals surface area contributed by atoms with Crippen LogP contribution in [-0.2, 0) is 19.0 Å². The van der Waals surface area contributed by atoms with E-state index in [0.29, 0.717) is 25.9 Å². The summed E-state index contributed by atoms with van der Waals surface area (Å²) in [5.41, 5.74) is 1.18. The number of carbonyl (C=O) groups excluding carboxylic acids is 1. The minimum Gasteiger partial charge on any atom is -0.469 e. The van der Waals surface area contributed by atoms with Gasteiger partial charge in [0.25, 0.3) is 0 Å². The quantitative estimate of drug-likeness (QED) is 0.116. The summed E-state index contributed by atoms with van der Waals surface area (Å²) in [6.45, 7) is 6.22. The minimum atomic E-state index is -0.899. The molecule has 2 aliphatic rings. The number of aliphatic hydroxyl groups is 3. The molecule has 35 heavy (non-hydrogen) atoms. The second-order valence-electron chi connectivity index (χ2n) is 10.4. The SMILES string of the molecule is COC(=O)CCCCCCCCSC/C=C(\C)C[C@@H]1OCC(C[C@@H]2O[C@H]2[C@@H](C)[C@H](C)O)[C@@H](O)[C@H]1O. The fourth-order valence-corrected chi connectivity index (χ4v) is 5.66. The van der Waals surface area contributed by atoms with Crippen LogP contribution in [0.5, 0.6) is 0 Å². The fraction of sp³-hybridized carbons (Fsp3) is 0.889. The molecule has 2 heterocycles. The van der Waals surface area contributed by atoms with Crippen LogP contribution in [0.25, 0.3) is 0 Å². The first-order chi connectivity index (χ1) is 16.7. The van der Waals surface area contributed by atoms with Crippen molar-refractivity contribution >= 4 is 17.7 Å². The summed E-state index contributed by atoms with van der Waals surface area (Å²) in [7, 11) is 1.44. The summed E-state index contributed by atoms with van der Waals surface area (Å²) >= 11 is 1.92. The highest BCUT2D eigenvalue weighted by atomic mass is 32.2. The predicted octanol–water partition coefficient (Wildman–Crippen LogP) is 3.87. The van der Waals surface area contributed by atoms with E-state index in [1.807, 2.05) is 18.7 Å². The van der Waals surface area contributed by atoms with Crippen LogP contribution in [0.3, 0.4) is 0 Å². The summed E-state index contributed by atoms with van der Waals surface area (Å²) in [4.78, 5) is 11.1. The third kappa shape index (κ3) is 11.1. The van der Waals surface area contributed by atoms with Gasteiger partial charge in [0.15, 0.2) is 0 Å². The minimum absolute atomic E-state index is 0.0248. The van der Waals surface area contributed by atoms with Crippen molar-refractivity contribution in [3.8, 4) is 0 Å². The zero-order chi connectivity index (χ0) is 25.8. The maximum atomic E-state index is 11.1. The molecule has 204 valence electrons. The van der Waals surface area contributed by atoms with E-state index in [-0.39, 0.29) is 36.1 Å². The van der Waals surface area contributed by atoms with Gasteiger partial charge in [0, 0.05) is 24.0 Å². The van der Waals surface area contributed by atoms with E-state index in [1.165, 1.54) is 38.4 Å². The highest BCUT2D eigenvalue weighted by Crippen LogP contribution is 2.38. The Kier molecular flexibility index (Phi) is 14.2. The number of hydrogen-bond donors (Lipinski definition) is 3. The van der Waals surface area contributed by atoms with Crippen LogP contribution in [0, 0.1) is 11.8 Å². The van der Waals surface area contributed by atoms with Crippen LogP contribution in [0.4, 0.5) is 0 Å². The Morgan fingerprint density at radius 1 is 1.09 bits per heavy atom. The Labute approximate surface area is 216 Å². The van der Waals surface area contributed by atoms with Crippen molar-refractivity contribution < 1.29 is 34.3 Å². The third-order valence-electron chi connectivity index (χ3n) is 7.39. The molecule has 0 aromatic carbocycles. The Bertz CT molecular complexity index is 641. The van der Waals surface area contributed by atoms with Gasteiger partial charge in [0.2, 0.25) is 0 Å². The molecule has 0 saturated carbocycles. The highest BCUT2D eigenvalue weighted by Gasteiger charge is 2.48. The second-order valence-corrected chi connectivity index (χ2v) is 11.5. The van der Waals surface area contributed by atoms with Crippen molar-refractivity contribution in [3.63, 3.8) is 0 Å². The summed E-state index contributed by atoms with van der Waals surface area (Å²) < 4.78 is 16.3. The molecule has 0 aliphatic carbocycles. The molecule has 3 N–H and O–H groups in total. The Morgan fingerprint density at radius 3 is 2.46 bits per heavy atom. The molecule has 2 saturated heterocycles. The van der Waals surface area contributed by atoms with Gasteiger partial charge in [-0.1, -0.05) is 44.3 Å². The molecule has 0 aromatic heterocycles. The molecule has 8 atom stereocenters. The van der Waals surface area contributed by atoms with Crippen LogP contribution in [0.1, 0.15) is 78.6 Å². The van der Waals surface area contributed by atoms with Gasteiger partial charge in [-0.15, -0.1) is 0 Å². The lowest BCUT2D eigenvalue weighted by Gasteiger charge is -2.38. The number of thioether (sulfide) groups is 1. The fourth-order valence-electron chi connectivity index (χ4n) is 4.68. The number of ether oxygens (including phenoxy) is 3. The van der Waals surface area contributed by atoms with Crippen LogP contribution in [0.2, 0.25) is 0 Å². The van der Waals surface area contributed by atoms with Gasteiger partial charge in [0.05, 0.1) is 44.2 Å². The number of unbranched alkanes of at least 4 members (excludes halogenated alkanes) is 5. The van der Waals surface area contributed by atoms with Gasteiger partial charge in [-0.2, -0.15) is 11.8 Å². The van der Waals surface area contributed by atoms with Crippen molar-refractivity contribution in [1.82, 2.24) is 0 Å². The molecule has 1 unspecified atom stereocenters. The normalized spacial score (nSPS) is 30.7. The lowest BCUT2D eigenvalue weighted by molar-refractivity contribution is -0.165. The Balaban J connectivity index is 1.54. The number of epoxide rings is 1. The predicted molar refractivity (Wildman–Crippen MR) is 139 cm³/mol. The van der Waals surface area contributed by atoms with E-state index in [4.69, 9.17) is 9.47 Å². The maximum absolute atomic E-state index is 11.1. The Hall–Kier alpha value is -0.640. The van der Waals surface area contributed by atoms with E-state index in [1.54, 1.807) is 6.92 Å². The lowest BCUT2D eigenvalue weighted by atomic mass is 9.85. The summed E-state index contributed by atoms with van der Waals surface area (Å²) in [5, 5.41) is 31.0. The van der Waals surface area contributed by atoms with Crippen molar-refractivity contribution in [2.24, 2.45) is 11.8 Å². The largest absolute Gasteiger partial charge is 0.469 e. The topological polar surface area (TPSA) is 109 Å². The maximum Gasteiger partial charge on any atom is 0.305 e. The van der Waals surface area contributed by atoms with Crippen molar-refractivity contribution in [3.05, 3.63) is 11.6 Å². The first-order valence-corrected chi connectivity index (χ1v) is 14.5. The Morgan fingerprint density at radius 2 is 1.77 bits per heavy atom. The van der Waals surface area contributed by atoms with Crippen molar-refractivity contribution in [1.29, 1.82) is 0 Å². The van der Waals surface area contributed by atoms with E-state index < -0.39 is 18.3 Å². The molecule has 0 aromatic rings. The molecule has 2 aliphatic heterocycles. The molecular formula is C27H48O7S. The number of methoxy groups -OCH3 is 1. The third-order valence-corrected chi connectivity index (χ3v) is 8.37. The van der Waals surface area contributed by atoms with Gasteiger partial charge in [0.1, 0.15) is 6.10 Å². The molecule has 0 amide bonds. The first kappa shape index (κ1) is 30.6. The molecule has 8 heteroatoms. The molecule has 7 nitrogen and oxygen atoms in total. The molecule has 2 fully saturated rings. The molecule has 2 rings (SSSR count). The second kappa shape index (κ2) is 16.3. The van der Waals surface area contributed by atoms with Gasteiger partial charge < -0.3 is 29.5 Å². The molecule has 0 spiro atoms. The highest BCUT2D eigenvalue weighted by molar-refractivity contribution is 7.99. The molecular weight excluding hydrogens is 468 g/mol. The first-order valence-electron chi connectivity index (χ1n) is 13.4. The van der Waals surface area contributed by atoms with Crippen LogP contribution >= 0.6 is 11.8 Å². The number of rotatable bonds is 17. The number of carbonyl (C=O) groups is 1. The smallest absolute Gasteiger partial charge is 0.305 e. The van der Waals surface area contributed by atoms with E-state index in [0.717, 1.165) is 24.3 Å². The van der Waals surface area contributed by atoms with Gasteiger partial charge in [-0.05, 0) is 45.3 Å². The van der Waals surface area contributed by atoms with E-state index in [9.17, 15) is 20.1 Å². The van der Waals surface area contributed by atoms with Crippen LogP contribution < -0.4 is 0 Å². The van der Waals surface area contributed by atoms with Crippen LogP contribution in [0.15, 0.2) is 11.6 Å². The van der Waals surface area contributed by atoms with Crippen molar-refractivity contribution in [2.75, 3.05) is 25.2 Å². The monoisotopic (exact) mass is 516 g/mol. The zero-order valence-corrected chi connectivity index (χ0v) is 22.9. The summed E-state index contributed by atoms with van der Waals surface area (Å²) in [6.07, 6.45) is 8.35. The molecule has 0 bridgehead atoms. The standard InChI is InChI=1S/C27H48O7S/c1-18(12-14-35-13-10-8-6-5-7-9-11-24(29)32-4)15-22-26(31)25(30)21(17-33-22)16-23-27(34-23)19(2)20(3)28/h12,19-23,25-28,30-31H,5-11,13-17H2,1-4H3/b18-12+/t19-,20-,21?,22-,23-,25+,26-,27-/m0/s1. The van der Waals surface area contributed by atoms with Gasteiger partial charge >= 0.3 is 5.97 Å². The zero-order valence-electron chi connectivity index (χ0n) is 22.1. The number of aliphatic hydroxyl groups excluding tert-OH is 3. The molecule has 0 radical (unpaired) electrons. The summed E-state index contributed by atoms with van der Waals surface area (Å²) in [6, 6.07) is 0. The summed E-state index contributed by atoms with van der Waals surface area (Å²) in [5.74, 6) is 1.88.